The van der Waals surface area contributed by atoms with E-state index in [1.807, 2.05) is 0 Å². The molecule has 0 bridgehead atoms. The second kappa shape index (κ2) is 30.2. The fraction of sp³-hybridized carbons (Fsp3) is 0.0625. The number of furan rings is 4. The van der Waals surface area contributed by atoms with Crippen molar-refractivity contribution in [3.05, 3.63) is 433 Å². The number of rotatable bonds is 12. The van der Waals surface area contributed by atoms with Gasteiger partial charge in [-0.25, -0.2) is 0 Å². The van der Waals surface area contributed by atoms with E-state index in [0.717, 1.165) is 156 Å². The number of anilines is 12. The smallest absolute Gasteiger partial charge is 0.160 e. The molecule has 0 unspecified atom stereocenters. The summed E-state index contributed by atoms with van der Waals surface area (Å²) in [6, 6.07) is 141. The van der Waals surface area contributed by atoms with E-state index in [1.165, 1.54) is 152 Å². The summed E-state index contributed by atoms with van der Waals surface area (Å²) in [5.74, 6) is 0. The van der Waals surface area contributed by atoms with Crippen LogP contribution < -0.4 is 19.6 Å². The van der Waals surface area contributed by atoms with Crippen molar-refractivity contribution in [2.75, 3.05) is 19.6 Å². The highest BCUT2D eigenvalue weighted by Gasteiger charge is 2.33. The third kappa shape index (κ3) is 11.6. The van der Waals surface area contributed by atoms with Gasteiger partial charge in [0.2, 0.25) is 0 Å². The van der Waals surface area contributed by atoms with Crippen LogP contribution in [0.1, 0.15) is 44.5 Å². The lowest BCUT2D eigenvalue weighted by Gasteiger charge is -2.32. The fourth-order valence-electron chi connectivity index (χ4n) is 23.3. The molecular formula is C128H88N4O4. The summed E-state index contributed by atoms with van der Waals surface area (Å²) < 4.78 is 27.9. The van der Waals surface area contributed by atoms with Gasteiger partial charge in [0.15, 0.2) is 22.3 Å². The highest BCUT2D eigenvalue weighted by Crippen LogP contribution is 2.58. The van der Waals surface area contributed by atoms with Gasteiger partial charge in [0.25, 0.3) is 0 Å². The number of hydrogen-bond donors (Lipinski definition) is 0. The highest BCUT2D eigenvalue weighted by molar-refractivity contribution is 6.34. The Morgan fingerprint density at radius 2 is 0.382 bits per heavy atom. The first kappa shape index (κ1) is 78.6. The topological polar surface area (TPSA) is 65.5 Å². The summed E-state index contributed by atoms with van der Waals surface area (Å²) >= 11 is 0. The van der Waals surface area contributed by atoms with E-state index in [-0.39, 0.29) is 0 Å². The lowest BCUT2D eigenvalue weighted by atomic mass is 9.91. The van der Waals surface area contributed by atoms with Crippen LogP contribution >= 0.6 is 0 Å². The molecule has 0 aliphatic heterocycles. The molecule has 4 heterocycles. The Morgan fingerprint density at radius 1 is 0.140 bits per heavy atom. The number of para-hydroxylation sites is 8. The van der Waals surface area contributed by atoms with Crippen molar-refractivity contribution in [2.24, 2.45) is 0 Å². The standard InChI is InChI=1S/2C64H44N2O2/c1-37-13-9-14-38(2)61(37)65(53-23-11-21-49-59-45-19-7-5-17-41(45)29-35-55(59)67-63(49)53)51-33-27-43-26-32-48-52(34-28-44-25-31-47(51)57(43)58(44)48)66(62-39(3)15-10-16-40(62)4)54-24-12-22-50-60-46-20-8-6-18-42(46)30-36-56(60)68-64(50)54;1-37-15-13-16-38(2)61(37)65(53-35-43-19-5-7-21-45(43)59-49-23-9-11-25-55(49)67-63(53)59)51-33-29-41-28-32-48-52(34-30-42-27-31-47(51)57(41)58(42)48)66(62-39(3)17-14-18-40(62)4)54-36-44-20-6-8-22-46(44)60-50-24-10-12-26-56(50)68-64(54)60/h2*5-36H,1-4H3. The molecule has 28 aromatic rings. The van der Waals surface area contributed by atoms with Crippen molar-refractivity contribution in [2.45, 2.75) is 55.4 Å². The molecule has 8 heteroatoms. The Hall–Kier alpha value is -17.2. The minimum absolute atomic E-state index is 0.867. The van der Waals surface area contributed by atoms with Crippen molar-refractivity contribution < 1.29 is 17.7 Å². The van der Waals surface area contributed by atoms with Crippen molar-refractivity contribution in [3.63, 3.8) is 0 Å². The summed E-state index contributed by atoms with van der Waals surface area (Å²) in [6.07, 6.45) is 0. The monoisotopic (exact) mass is 1740 g/mol. The second-order valence-electron chi connectivity index (χ2n) is 37.2. The normalized spacial score (nSPS) is 12.1. The molecule has 0 fully saturated rings. The fourth-order valence-corrected chi connectivity index (χ4v) is 23.3. The minimum atomic E-state index is 0.867. The maximum absolute atomic E-state index is 6.99. The molecule has 0 saturated carbocycles. The van der Waals surface area contributed by atoms with Crippen LogP contribution in [0.5, 0.6) is 0 Å². The van der Waals surface area contributed by atoms with Crippen molar-refractivity contribution in [1.29, 1.82) is 0 Å². The predicted molar refractivity (Wildman–Crippen MR) is 576 cm³/mol. The molecule has 0 N–H and O–H groups in total. The zero-order valence-electron chi connectivity index (χ0n) is 76.4. The molecule has 24 aromatic carbocycles. The summed E-state index contributed by atoms with van der Waals surface area (Å²) in [4.78, 5) is 9.87. The van der Waals surface area contributed by atoms with Gasteiger partial charge < -0.3 is 37.3 Å². The first-order chi connectivity index (χ1) is 66.8. The van der Waals surface area contributed by atoms with Gasteiger partial charge in [0.05, 0.1) is 68.2 Å². The van der Waals surface area contributed by atoms with Gasteiger partial charge in [0, 0.05) is 64.6 Å². The highest BCUT2D eigenvalue weighted by atomic mass is 16.3. The van der Waals surface area contributed by atoms with Gasteiger partial charge in [-0.2, -0.15) is 0 Å². The largest absolute Gasteiger partial charge is 0.454 e. The average molecular weight is 1750 g/mol. The summed E-state index contributed by atoms with van der Waals surface area (Å²) in [6.45, 7) is 17.8. The molecular weight excluding hydrogens is 1660 g/mol. The predicted octanol–water partition coefficient (Wildman–Crippen LogP) is 37.7. The van der Waals surface area contributed by atoms with E-state index in [2.05, 4.69) is 463 Å². The quantitative estimate of drug-likeness (QED) is 0.112. The Morgan fingerprint density at radius 3 is 0.706 bits per heavy atom. The maximum Gasteiger partial charge on any atom is 0.160 e. The Labute approximate surface area is 783 Å². The van der Waals surface area contributed by atoms with Gasteiger partial charge in [-0.05, 0) is 259 Å². The van der Waals surface area contributed by atoms with Crippen LogP contribution in [0.4, 0.5) is 68.2 Å². The zero-order valence-corrected chi connectivity index (χ0v) is 76.4. The van der Waals surface area contributed by atoms with E-state index in [1.54, 1.807) is 0 Å². The number of aryl methyl sites for hydroxylation is 8. The van der Waals surface area contributed by atoms with Crippen molar-refractivity contribution >= 4 is 264 Å². The van der Waals surface area contributed by atoms with Gasteiger partial charge in [-0.3, -0.25) is 0 Å². The zero-order chi connectivity index (χ0) is 90.7. The Balaban J connectivity index is 0.000000138. The van der Waals surface area contributed by atoms with Crippen LogP contribution in [0.25, 0.3) is 195 Å². The number of nitrogens with zero attached hydrogens (tertiary/aromatic N) is 4. The van der Waals surface area contributed by atoms with E-state index < -0.39 is 0 Å². The first-order valence-corrected chi connectivity index (χ1v) is 47.0. The van der Waals surface area contributed by atoms with Crippen LogP contribution in [0.3, 0.4) is 0 Å². The summed E-state index contributed by atoms with van der Waals surface area (Å²) in [5.41, 5.74) is 29.5. The second-order valence-corrected chi connectivity index (χ2v) is 37.2. The van der Waals surface area contributed by atoms with Gasteiger partial charge in [0.1, 0.15) is 22.3 Å². The summed E-state index contributed by atoms with van der Waals surface area (Å²) in [5, 5.41) is 32.8. The minimum Gasteiger partial charge on any atom is -0.454 e. The number of benzene rings is 24. The van der Waals surface area contributed by atoms with Gasteiger partial charge in [-0.1, -0.05) is 315 Å². The first-order valence-electron chi connectivity index (χ1n) is 47.0. The lowest BCUT2D eigenvalue weighted by Crippen LogP contribution is -2.14. The molecule has 0 spiro atoms. The van der Waals surface area contributed by atoms with Gasteiger partial charge in [-0.15, -0.1) is 0 Å². The third-order valence-electron chi connectivity index (χ3n) is 29.3. The van der Waals surface area contributed by atoms with E-state index in [4.69, 9.17) is 17.7 Å². The molecule has 8 nitrogen and oxygen atoms in total. The van der Waals surface area contributed by atoms with Crippen LogP contribution in [0.2, 0.25) is 0 Å². The number of fused-ring (bicyclic) bond motifs is 20. The van der Waals surface area contributed by atoms with E-state index in [9.17, 15) is 0 Å². The maximum atomic E-state index is 6.99. The molecule has 0 saturated heterocycles. The molecule has 0 radical (unpaired) electrons. The molecule has 0 aliphatic rings. The number of hydrogen-bond acceptors (Lipinski definition) is 8. The lowest BCUT2D eigenvalue weighted by molar-refractivity contribution is 0.669. The molecule has 644 valence electrons. The van der Waals surface area contributed by atoms with Crippen LogP contribution in [-0.2, 0) is 0 Å². The van der Waals surface area contributed by atoms with Crippen LogP contribution in [-0.4, -0.2) is 0 Å². The molecule has 0 amide bonds. The molecule has 0 atom stereocenters. The van der Waals surface area contributed by atoms with Crippen LogP contribution in [0.15, 0.2) is 406 Å². The van der Waals surface area contributed by atoms with Crippen LogP contribution in [0, 0.1) is 55.4 Å². The summed E-state index contributed by atoms with van der Waals surface area (Å²) in [7, 11) is 0. The van der Waals surface area contributed by atoms with Gasteiger partial charge >= 0.3 is 0 Å². The third-order valence-corrected chi connectivity index (χ3v) is 29.3. The molecule has 0 aliphatic carbocycles. The SMILES string of the molecule is Cc1cccc(C)c1N(c1ccc2ccc3c(N(c4c(C)cccc4C)c4cc5ccccc5c5c4oc4ccccc45)ccc4ccc1c2c43)c1cc2ccccc2c2c1oc1ccccc12.Cc1cccc(C)c1N(c1ccc2ccc3c(N(c4c(C)cccc4C)c4cccc5c4oc4ccc6ccccc6c45)ccc4ccc1c2c43)c1cccc2c1oc1ccc3ccccc3c12. The molecule has 4 aromatic heterocycles. The van der Waals surface area contributed by atoms with Crippen molar-refractivity contribution in [1.82, 2.24) is 0 Å². The molecule has 136 heavy (non-hydrogen) atoms. The van der Waals surface area contributed by atoms with E-state index in [0.29, 0.717) is 0 Å². The Bertz CT molecular complexity index is 9290. The molecule has 28 rings (SSSR count). The van der Waals surface area contributed by atoms with Crippen molar-refractivity contribution in [3.8, 4) is 0 Å². The van der Waals surface area contributed by atoms with E-state index >= 15 is 0 Å². The Kier molecular flexibility index (Phi) is 17.4. The average Bonchev–Trinajstić information content (AvgIpc) is 1.06.